The Hall–Kier alpha value is -1.11. The number of hydrogen-bond donors (Lipinski definition) is 0. The number of alkyl halides is 1. The third kappa shape index (κ3) is 3.13. The molecule has 0 bridgehead atoms. The first kappa shape index (κ1) is 15.3. The maximum Gasteiger partial charge on any atom is 0.333 e. The van der Waals surface area contributed by atoms with E-state index in [-0.39, 0.29) is 12.0 Å². The molecule has 1 aliphatic carbocycles. The molecule has 7 heteroatoms. The van der Waals surface area contributed by atoms with Crippen LogP contribution in [0.4, 0.5) is 0 Å². The number of hydrogen-bond acceptors (Lipinski definition) is 6. The van der Waals surface area contributed by atoms with Gasteiger partial charge < -0.3 is 18.9 Å². The van der Waals surface area contributed by atoms with Crippen LogP contribution in [0.1, 0.15) is 20.3 Å². The molecule has 1 heterocycles. The van der Waals surface area contributed by atoms with E-state index >= 15 is 0 Å². The van der Waals surface area contributed by atoms with Crippen molar-refractivity contribution in [1.29, 1.82) is 0 Å². The van der Waals surface area contributed by atoms with Crippen LogP contribution in [-0.2, 0) is 28.5 Å². The predicted molar refractivity (Wildman–Crippen MR) is 69.1 cm³/mol. The standard InChI is InChI=1S/C13H17ClO6/c1-13(2)19-9-5-7(12(16)17-3)4-8(11(9)20-13)18-10(15)6-14/h4,8-9,11H,5-6H2,1-3H3/t8-,9-,11+/m1/s1. The molecule has 20 heavy (non-hydrogen) atoms. The van der Waals surface area contributed by atoms with Crippen LogP contribution in [0.15, 0.2) is 11.6 Å². The number of halogens is 1. The van der Waals surface area contributed by atoms with Gasteiger partial charge in [0.15, 0.2) is 5.79 Å². The normalized spacial score (nSPS) is 31.2. The van der Waals surface area contributed by atoms with Gasteiger partial charge in [-0.1, -0.05) is 0 Å². The molecular weight excluding hydrogens is 288 g/mol. The van der Waals surface area contributed by atoms with Crippen LogP contribution in [0.2, 0.25) is 0 Å². The quantitative estimate of drug-likeness (QED) is 0.575. The lowest BCUT2D eigenvalue weighted by atomic mass is 9.92. The Kier molecular flexibility index (Phi) is 4.36. The average molecular weight is 305 g/mol. The molecule has 0 amide bonds. The monoisotopic (exact) mass is 304 g/mol. The van der Waals surface area contributed by atoms with E-state index in [0.29, 0.717) is 12.0 Å². The first-order valence-electron chi connectivity index (χ1n) is 6.26. The number of methoxy groups -OCH3 is 1. The Morgan fingerprint density at radius 1 is 1.45 bits per heavy atom. The second-order valence-electron chi connectivity index (χ2n) is 5.11. The summed E-state index contributed by atoms with van der Waals surface area (Å²) in [5, 5.41) is 0. The fourth-order valence-electron chi connectivity index (χ4n) is 2.44. The van der Waals surface area contributed by atoms with E-state index in [1.54, 1.807) is 19.9 Å². The van der Waals surface area contributed by atoms with Crippen molar-refractivity contribution < 1.29 is 28.5 Å². The van der Waals surface area contributed by atoms with Crippen molar-refractivity contribution in [3.63, 3.8) is 0 Å². The molecule has 2 rings (SSSR count). The third-order valence-corrected chi connectivity index (χ3v) is 3.37. The molecule has 0 N–H and O–H groups in total. The lowest BCUT2D eigenvalue weighted by Gasteiger charge is -2.28. The van der Waals surface area contributed by atoms with Crippen molar-refractivity contribution in [2.45, 2.75) is 44.4 Å². The van der Waals surface area contributed by atoms with Crippen LogP contribution in [0.3, 0.4) is 0 Å². The van der Waals surface area contributed by atoms with Crippen molar-refractivity contribution in [3.05, 3.63) is 11.6 Å². The first-order valence-corrected chi connectivity index (χ1v) is 6.80. The Morgan fingerprint density at radius 3 is 2.75 bits per heavy atom. The minimum atomic E-state index is -0.791. The van der Waals surface area contributed by atoms with Crippen molar-refractivity contribution in [2.24, 2.45) is 0 Å². The molecule has 112 valence electrons. The number of esters is 2. The van der Waals surface area contributed by atoms with Gasteiger partial charge in [0.25, 0.3) is 0 Å². The van der Waals surface area contributed by atoms with E-state index in [2.05, 4.69) is 0 Å². The van der Waals surface area contributed by atoms with Crippen LogP contribution in [0.25, 0.3) is 0 Å². The van der Waals surface area contributed by atoms with Gasteiger partial charge in [-0.3, -0.25) is 4.79 Å². The van der Waals surface area contributed by atoms with Gasteiger partial charge in [0.1, 0.15) is 18.1 Å². The molecule has 0 saturated carbocycles. The van der Waals surface area contributed by atoms with Crippen LogP contribution in [0.5, 0.6) is 0 Å². The van der Waals surface area contributed by atoms with Crippen LogP contribution in [0, 0.1) is 0 Å². The minimum absolute atomic E-state index is 0.264. The van der Waals surface area contributed by atoms with Crippen LogP contribution in [-0.4, -0.2) is 49.0 Å². The van der Waals surface area contributed by atoms with Crippen LogP contribution < -0.4 is 0 Å². The number of rotatable bonds is 3. The SMILES string of the molecule is COC(=O)C1=C[C@@H](OC(=O)CCl)[C@@H]2OC(C)(C)O[C@@H]2C1. The summed E-state index contributed by atoms with van der Waals surface area (Å²) in [4.78, 5) is 23.0. The number of carbonyl (C=O) groups excluding carboxylic acids is 2. The summed E-state index contributed by atoms with van der Waals surface area (Å²) in [6.45, 7) is 3.53. The summed E-state index contributed by atoms with van der Waals surface area (Å²) in [6.07, 6.45) is 0.372. The third-order valence-electron chi connectivity index (χ3n) is 3.16. The minimum Gasteiger partial charge on any atom is -0.466 e. The van der Waals surface area contributed by atoms with Gasteiger partial charge in [-0.15, -0.1) is 11.6 Å². The zero-order valence-electron chi connectivity index (χ0n) is 11.6. The summed E-state index contributed by atoms with van der Waals surface area (Å²) in [5.74, 6) is -2.10. The molecule has 0 aromatic rings. The molecule has 3 atom stereocenters. The zero-order valence-corrected chi connectivity index (χ0v) is 12.3. The van der Waals surface area contributed by atoms with E-state index in [9.17, 15) is 9.59 Å². The van der Waals surface area contributed by atoms with E-state index < -0.39 is 29.9 Å². The topological polar surface area (TPSA) is 71.1 Å². The van der Waals surface area contributed by atoms with Gasteiger partial charge >= 0.3 is 11.9 Å². The zero-order chi connectivity index (χ0) is 14.9. The van der Waals surface area contributed by atoms with Gasteiger partial charge in [0, 0.05) is 12.0 Å². The molecule has 1 fully saturated rings. The van der Waals surface area contributed by atoms with Gasteiger partial charge in [0.05, 0.1) is 13.2 Å². The summed E-state index contributed by atoms with van der Waals surface area (Å²) < 4.78 is 21.4. The molecule has 0 aromatic carbocycles. The lowest BCUT2D eigenvalue weighted by molar-refractivity contribution is -0.164. The van der Waals surface area contributed by atoms with Gasteiger partial charge in [-0.05, 0) is 19.9 Å². The fraction of sp³-hybridized carbons (Fsp3) is 0.692. The van der Waals surface area contributed by atoms with Crippen molar-refractivity contribution in [3.8, 4) is 0 Å². The number of ether oxygens (including phenoxy) is 4. The maximum atomic E-state index is 11.7. The van der Waals surface area contributed by atoms with Gasteiger partial charge in [0.2, 0.25) is 0 Å². The summed E-state index contributed by atoms with van der Waals surface area (Å²) in [6, 6.07) is 0. The Labute approximate surface area is 121 Å². The van der Waals surface area contributed by atoms with Crippen molar-refractivity contribution in [2.75, 3.05) is 13.0 Å². The lowest BCUT2D eigenvalue weighted by Crippen LogP contribution is -2.42. The summed E-state index contributed by atoms with van der Waals surface area (Å²) in [7, 11) is 1.30. The highest BCUT2D eigenvalue weighted by molar-refractivity contribution is 6.26. The first-order chi connectivity index (χ1) is 9.36. The molecule has 6 nitrogen and oxygen atoms in total. The Morgan fingerprint density at radius 2 is 2.15 bits per heavy atom. The largest absolute Gasteiger partial charge is 0.466 e. The molecule has 1 aliphatic heterocycles. The second kappa shape index (κ2) is 5.71. The Bertz CT molecular complexity index is 444. The molecule has 0 spiro atoms. The molecule has 2 aliphatic rings. The highest BCUT2D eigenvalue weighted by atomic mass is 35.5. The summed E-state index contributed by atoms with van der Waals surface area (Å²) in [5.41, 5.74) is 0.405. The fourth-order valence-corrected chi connectivity index (χ4v) is 2.51. The van der Waals surface area contributed by atoms with Crippen molar-refractivity contribution in [1.82, 2.24) is 0 Å². The number of carbonyl (C=O) groups is 2. The van der Waals surface area contributed by atoms with Gasteiger partial charge in [-0.25, -0.2) is 4.79 Å². The maximum absolute atomic E-state index is 11.7. The Balaban J connectivity index is 2.23. The van der Waals surface area contributed by atoms with E-state index in [0.717, 1.165) is 0 Å². The average Bonchev–Trinajstić information content (AvgIpc) is 2.71. The van der Waals surface area contributed by atoms with Crippen molar-refractivity contribution >= 4 is 23.5 Å². The molecule has 0 radical (unpaired) electrons. The highest BCUT2D eigenvalue weighted by Gasteiger charge is 2.49. The summed E-state index contributed by atoms with van der Waals surface area (Å²) >= 11 is 5.44. The number of fused-ring (bicyclic) bond motifs is 1. The van der Waals surface area contributed by atoms with E-state index in [4.69, 9.17) is 30.5 Å². The smallest absolute Gasteiger partial charge is 0.333 e. The van der Waals surface area contributed by atoms with Crippen LogP contribution >= 0.6 is 11.6 Å². The van der Waals surface area contributed by atoms with E-state index in [1.807, 2.05) is 0 Å². The molecule has 0 aromatic heterocycles. The van der Waals surface area contributed by atoms with Gasteiger partial charge in [-0.2, -0.15) is 0 Å². The molecule has 0 unspecified atom stereocenters. The second-order valence-corrected chi connectivity index (χ2v) is 5.38. The van der Waals surface area contributed by atoms with E-state index in [1.165, 1.54) is 7.11 Å². The molecule has 1 saturated heterocycles. The highest BCUT2D eigenvalue weighted by Crippen LogP contribution is 2.37. The molecular formula is C13H17ClO6. The predicted octanol–water partition coefficient (Wildman–Crippen LogP) is 1.16.